The monoisotopic (exact) mass is 365 g/mol. The van der Waals surface area contributed by atoms with Crippen LogP contribution in [-0.2, 0) is 14.3 Å². The summed E-state index contributed by atoms with van der Waals surface area (Å²) in [5, 5.41) is 3.36. The molecule has 0 spiro atoms. The molecular formula is C18H24ClN3O3. The first-order chi connectivity index (χ1) is 12.0. The fraction of sp³-hybridized carbons (Fsp3) is 0.611. The summed E-state index contributed by atoms with van der Waals surface area (Å²) >= 11 is 5.95. The minimum Gasteiger partial charge on any atom is -0.467 e. The normalized spacial score (nSPS) is 17.1. The van der Waals surface area contributed by atoms with Gasteiger partial charge in [0.05, 0.1) is 12.7 Å². The van der Waals surface area contributed by atoms with Gasteiger partial charge in [-0.1, -0.05) is 31.1 Å². The Bertz CT molecular complexity index is 663. The van der Waals surface area contributed by atoms with E-state index in [2.05, 4.69) is 27.1 Å². The van der Waals surface area contributed by atoms with Gasteiger partial charge in [-0.15, -0.1) is 0 Å². The van der Waals surface area contributed by atoms with E-state index >= 15 is 0 Å². The highest BCUT2D eigenvalue weighted by molar-refractivity contribution is 6.28. The molecule has 1 aliphatic rings. The fourth-order valence-corrected chi connectivity index (χ4v) is 3.11. The summed E-state index contributed by atoms with van der Waals surface area (Å²) in [5.41, 5.74) is -0.225. The number of nitrogens with zero attached hydrogens (tertiary/aromatic N) is 2. The number of aromatic nitrogens is 2. The third kappa shape index (κ3) is 5.07. The van der Waals surface area contributed by atoms with Crippen molar-refractivity contribution >= 4 is 23.4 Å². The van der Waals surface area contributed by atoms with E-state index < -0.39 is 5.54 Å². The molecule has 1 saturated carbocycles. The minimum absolute atomic E-state index is 0.0988. The zero-order valence-corrected chi connectivity index (χ0v) is 15.7. The van der Waals surface area contributed by atoms with E-state index in [1.165, 1.54) is 7.11 Å². The van der Waals surface area contributed by atoms with Gasteiger partial charge in [-0.05, 0) is 38.3 Å². The number of anilines is 1. The summed E-state index contributed by atoms with van der Waals surface area (Å²) in [7, 11) is 1.40. The van der Waals surface area contributed by atoms with Crippen LogP contribution in [0.4, 0.5) is 5.82 Å². The summed E-state index contributed by atoms with van der Waals surface area (Å²) in [5.74, 6) is 6.18. The lowest BCUT2D eigenvalue weighted by Crippen LogP contribution is -2.49. The van der Waals surface area contributed by atoms with Gasteiger partial charge in [0.25, 0.3) is 0 Å². The first-order valence-electron chi connectivity index (χ1n) is 8.53. The van der Waals surface area contributed by atoms with Crippen molar-refractivity contribution in [2.75, 3.05) is 19.0 Å². The average molecular weight is 366 g/mol. The molecule has 0 saturated heterocycles. The number of nitrogens with one attached hydrogen (secondary N) is 1. The number of carbonyl (C=O) groups excluding carboxylic acids is 1. The molecule has 1 unspecified atom stereocenters. The minimum atomic E-state index is -0.799. The zero-order valence-electron chi connectivity index (χ0n) is 14.9. The van der Waals surface area contributed by atoms with Gasteiger partial charge >= 0.3 is 5.97 Å². The SMILES string of the molecule is CCOC(C)C#Cc1cnc(Cl)nc1NC1(C(=O)OC)CCCCC1. The van der Waals surface area contributed by atoms with Gasteiger partial charge in [0.1, 0.15) is 17.5 Å². The molecule has 6 nitrogen and oxygen atoms in total. The van der Waals surface area contributed by atoms with Gasteiger partial charge in [-0.2, -0.15) is 4.98 Å². The van der Waals surface area contributed by atoms with E-state index in [4.69, 9.17) is 21.1 Å². The molecule has 1 fully saturated rings. The molecule has 136 valence electrons. The molecule has 7 heteroatoms. The smallest absolute Gasteiger partial charge is 0.331 e. The Labute approximate surface area is 153 Å². The van der Waals surface area contributed by atoms with Crippen molar-refractivity contribution in [1.29, 1.82) is 0 Å². The van der Waals surface area contributed by atoms with E-state index in [0.717, 1.165) is 19.3 Å². The van der Waals surface area contributed by atoms with E-state index in [-0.39, 0.29) is 17.4 Å². The lowest BCUT2D eigenvalue weighted by molar-refractivity contribution is -0.147. The Kier molecular flexibility index (Phi) is 7.03. The predicted molar refractivity (Wildman–Crippen MR) is 96.5 cm³/mol. The van der Waals surface area contributed by atoms with Crippen molar-refractivity contribution in [3.8, 4) is 11.8 Å². The fourth-order valence-electron chi connectivity index (χ4n) is 2.98. The second-order valence-electron chi connectivity index (χ2n) is 6.03. The van der Waals surface area contributed by atoms with Crippen molar-refractivity contribution < 1.29 is 14.3 Å². The largest absolute Gasteiger partial charge is 0.467 e. The molecule has 0 aliphatic heterocycles. The molecule has 2 rings (SSSR count). The van der Waals surface area contributed by atoms with Gasteiger partial charge in [0, 0.05) is 12.8 Å². The van der Waals surface area contributed by atoms with Gasteiger partial charge < -0.3 is 14.8 Å². The Balaban J connectivity index is 2.33. The number of hydrogen-bond acceptors (Lipinski definition) is 6. The molecule has 1 heterocycles. The molecule has 1 aromatic rings. The van der Waals surface area contributed by atoms with Crippen LogP contribution in [0.1, 0.15) is 51.5 Å². The maximum atomic E-state index is 12.4. The molecule has 0 amide bonds. The topological polar surface area (TPSA) is 73.3 Å². The zero-order chi connectivity index (χ0) is 18.3. The van der Waals surface area contributed by atoms with Gasteiger partial charge in [-0.25, -0.2) is 9.78 Å². The second kappa shape index (κ2) is 9.02. The first-order valence-corrected chi connectivity index (χ1v) is 8.91. The summed E-state index contributed by atoms with van der Waals surface area (Å²) in [6.45, 7) is 4.38. The van der Waals surface area contributed by atoms with Crippen LogP contribution < -0.4 is 5.32 Å². The van der Waals surface area contributed by atoms with Crippen LogP contribution in [0.2, 0.25) is 5.28 Å². The lowest BCUT2D eigenvalue weighted by Gasteiger charge is -2.35. The van der Waals surface area contributed by atoms with Gasteiger partial charge in [-0.3, -0.25) is 0 Å². The van der Waals surface area contributed by atoms with Crippen LogP contribution >= 0.6 is 11.6 Å². The molecule has 25 heavy (non-hydrogen) atoms. The Hall–Kier alpha value is -1.84. The number of methoxy groups -OCH3 is 1. The van der Waals surface area contributed by atoms with Crippen LogP contribution in [-0.4, -0.2) is 41.3 Å². The van der Waals surface area contributed by atoms with Crippen molar-refractivity contribution in [2.24, 2.45) is 0 Å². The molecule has 1 aliphatic carbocycles. The number of esters is 1. The van der Waals surface area contributed by atoms with Gasteiger partial charge in [0.15, 0.2) is 0 Å². The van der Waals surface area contributed by atoms with Crippen molar-refractivity contribution in [1.82, 2.24) is 9.97 Å². The van der Waals surface area contributed by atoms with Crippen LogP contribution in [0.3, 0.4) is 0 Å². The molecule has 0 aromatic carbocycles. The number of rotatable bonds is 5. The Morgan fingerprint density at radius 1 is 1.44 bits per heavy atom. The maximum Gasteiger partial charge on any atom is 0.331 e. The summed E-state index contributed by atoms with van der Waals surface area (Å²) in [6, 6.07) is 0. The summed E-state index contributed by atoms with van der Waals surface area (Å²) < 4.78 is 10.4. The number of ether oxygens (including phenoxy) is 2. The molecule has 0 radical (unpaired) electrons. The summed E-state index contributed by atoms with van der Waals surface area (Å²) in [4.78, 5) is 20.7. The van der Waals surface area contributed by atoms with E-state index in [9.17, 15) is 4.79 Å². The Morgan fingerprint density at radius 3 is 2.80 bits per heavy atom. The number of carbonyl (C=O) groups is 1. The maximum absolute atomic E-state index is 12.4. The van der Waals surface area contributed by atoms with Crippen molar-refractivity contribution in [3.05, 3.63) is 17.0 Å². The molecule has 1 aromatic heterocycles. The predicted octanol–water partition coefficient (Wildman–Crippen LogP) is 3.19. The van der Waals surface area contributed by atoms with Crippen LogP contribution in [0.15, 0.2) is 6.20 Å². The average Bonchev–Trinajstić information content (AvgIpc) is 2.61. The second-order valence-corrected chi connectivity index (χ2v) is 6.37. The van der Waals surface area contributed by atoms with Crippen molar-refractivity contribution in [3.63, 3.8) is 0 Å². The van der Waals surface area contributed by atoms with Gasteiger partial charge in [0.2, 0.25) is 5.28 Å². The standard InChI is InChI=1S/C18H24ClN3O3/c1-4-25-13(2)8-9-14-12-20-17(19)21-15(14)22-18(16(23)24-3)10-6-5-7-11-18/h12-13H,4-7,10-11H2,1-3H3,(H,20,21,22). The highest BCUT2D eigenvalue weighted by atomic mass is 35.5. The lowest BCUT2D eigenvalue weighted by atomic mass is 9.81. The number of halogens is 1. The summed E-state index contributed by atoms with van der Waals surface area (Å²) in [6.07, 6.45) is 5.71. The molecule has 0 bridgehead atoms. The number of hydrogen-bond donors (Lipinski definition) is 1. The van der Waals surface area contributed by atoms with E-state index in [1.54, 1.807) is 6.20 Å². The van der Waals surface area contributed by atoms with E-state index in [0.29, 0.717) is 30.8 Å². The molecular weight excluding hydrogens is 342 g/mol. The third-order valence-electron chi connectivity index (χ3n) is 4.23. The Morgan fingerprint density at radius 2 is 2.16 bits per heavy atom. The first kappa shape index (κ1) is 19.5. The molecule has 1 atom stereocenters. The third-order valence-corrected chi connectivity index (χ3v) is 4.41. The van der Waals surface area contributed by atoms with Crippen LogP contribution in [0.25, 0.3) is 0 Å². The van der Waals surface area contributed by atoms with Crippen molar-refractivity contribution in [2.45, 2.75) is 57.6 Å². The highest BCUT2D eigenvalue weighted by Crippen LogP contribution is 2.33. The van der Waals surface area contributed by atoms with Crippen LogP contribution in [0.5, 0.6) is 0 Å². The molecule has 1 N–H and O–H groups in total. The highest BCUT2D eigenvalue weighted by Gasteiger charge is 2.41. The quantitative estimate of drug-likeness (QED) is 0.490. The van der Waals surface area contributed by atoms with Crippen LogP contribution in [0, 0.1) is 11.8 Å². The van der Waals surface area contributed by atoms with E-state index in [1.807, 2.05) is 13.8 Å².